The van der Waals surface area contributed by atoms with Crippen LogP contribution < -0.4 is 5.73 Å². The lowest BCUT2D eigenvalue weighted by atomic mass is 9.86. The molecule has 0 aliphatic carbocycles. The van der Waals surface area contributed by atoms with E-state index in [2.05, 4.69) is 39.6 Å². The standard InChI is InChI=1S/C16H20N2/c1-9-10(2)12(4)15(13(5)11(9)3)14-7-6-8-18-16(14)17/h6-8H,1-5H3,(H2,17,18). The molecule has 94 valence electrons. The van der Waals surface area contributed by atoms with E-state index in [1.54, 1.807) is 6.20 Å². The highest BCUT2D eigenvalue weighted by Gasteiger charge is 2.15. The summed E-state index contributed by atoms with van der Waals surface area (Å²) in [5.41, 5.74) is 15.0. The molecule has 0 saturated heterocycles. The van der Waals surface area contributed by atoms with Gasteiger partial charge in [0.1, 0.15) is 5.82 Å². The second kappa shape index (κ2) is 4.45. The predicted molar refractivity (Wildman–Crippen MR) is 77.8 cm³/mol. The molecule has 0 atom stereocenters. The van der Waals surface area contributed by atoms with Crippen molar-refractivity contribution in [3.05, 3.63) is 46.1 Å². The minimum atomic E-state index is 0.603. The number of hydrogen-bond acceptors (Lipinski definition) is 2. The van der Waals surface area contributed by atoms with Crippen molar-refractivity contribution in [3.8, 4) is 11.1 Å². The van der Waals surface area contributed by atoms with E-state index in [4.69, 9.17) is 5.73 Å². The maximum Gasteiger partial charge on any atom is 0.131 e. The number of anilines is 1. The fourth-order valence-electron chi connectivity index (χ4n) is 2.53. The SMILES string of the molecule is Cc1c(C)c(C)c(-c2cccnc2N)c(C)c1C. The Morgan fingerprint density at radius 1 is 0.833 bits per heavy atom. The third-order valence-electron chi connectivity index (χ3n) is 4.11. The number of rotatable bonds is 1. The Kier molecular flexibility index (Phi) is 3.12. The number of hydrogen-bond donors (Lipinski definition) is 1. The highest BCUT2D eigenvalue weighted by molar-refractivity contribution is 5.80. The van der Waals surface area contributed by atoms with E-state index in [-0.39, 0.29) is 0 Å². The van der Waals surface area contributed by atoms with Crippen molar-refractivity contribution in [1.82, 2.24) is 4.98 Å². The van der Waals surface area contributed by atoms with Gasteiger partial charge in [-0.1, -0.05) is 0 Å². The first-order valence-electron chi connectivity index (χ1n) is 6.23. The molecule has 18 heavy (non-hydrogen) atoms. The Morgan fingerprint density at radius 3 is 1.83 bits per heavy atom. The third-order valence-corrected chi connectivity index (χ3v) is 4.11. The Hall–Kier alpha value is -1.83. The summed E-state index contributed by atoms with van der Waals surface area (Å²) in [6.07, 6.45) is 1.73. The van der Waals surface area contributed by atoms with E-state index in [1.165, 1.54) is 33.4 Å². The summed E-state index contributed by atoms with van der Waals surface area (Å²) in [7, 11) is 0. The van der Waals surface area contributed by atoms with Gasteiger partial charge in [0, 0.05) is 11.8 Å². The molecule has 2 N–H and O–H groups in total. The van der Waals surface area contributed by atoms with E-state index in [1.807, 2.05) is 12.1 Å². The molecule has 0 radical (unpaired) electrons. The van der Waals surface area contributed by atoms with E-state index in [0.29, 0.717) is 5.82 Å². The van der Waals surface area contributed by atoms with Crippen LogP contribution in [0.5, 0.6) is 0 Å². The Balaban J connectivity index is 2.85. The van der Waals surface area contributed by atoms with Crippen molar-refractivity contribution in [2.45, 2.75) is 34.6 Å². The molecule has 0 saturated carbocycles. The molecule has 2 aromatic rings. The second-order valence-electron chi connectivity index (χ2n) is 4.94. The molecule has 0 amide bonds. The number of benzene rings is 1. The van der Waals surface area contributed by atoms with Crippen LogP contribution in [0.2, 0.25) is 0 Å². The molecule has 0 unspecified atom stereocenters. The molecule has 2 heteroatoms. The molecule has 2 rings (SSSR count). The summed E-state index contributed by atoms with van der Waals surface area (Å²) in [6, 6.07) is 3.99. The van der Waals surface area contributed by atoms with Crippen LogP contribution in [0, 0.1) is 34.6 Å². The van der Waals surface area contributed by atoms with Crippen molar-refractivity contribution in [3.63, 3.8) is 0 Å². The number of nitrogens with zero attached hydrogens (tertiary/aromatic N) is 1. The molecule has 1 aromatic heterocycles. The molecule has 0 aliphatic heterocycles. The summed E-state index contributed by atoms with van der Waals surface area (Å²) in [5.74, 6) is 0.603. The molecular weight excluding hydrogens is 220 g/mol. The van der Waals surface area contributed by atoms with Crippen LogP contribution in [0.3, 0.4) is 0 Å². The van der Waals surface area contributed by atoms with Gasteiger partial charge in [0.25, 0.3) is 0 Å². The minimum Gasteiger partial charge on any atom is -0.383 e. The lowest BCUT2D eigenvalue weighted by Gasteiger charge is -2.19. The number of nitrogen functional groups attached to an aromatic ring is 1. The van der Waals surface area contributed by atoms with Gasteiger partial charge in [-0.25, -0.2) is 4.98 Å². The van der Waals surface area contributed by atoms with Crippen LogP contribution in [0.25, 0.3) is 11.1 Å². The molecule has 1 aromatic carbocycles. The number of aromatic nitrogens is 1. The predicted octanol–water partition coefficient (Wildman–Crippen LogP) is 3.87. The number of pyridine rings is 1. The summed E-state index contributed by atoms with van der Waals surface area (Å²) < 4.78 is 0. The highest BCUT2D eigenvalue weighted by atomic mass is 14.8. The van der Waals surface area contributed by atoms with E-state index < -0.39 is 0 Å². The first-order chi connectivity index (χ1) is 8.45. The molecule has 1 heterocycles. The minimum absolute atomic E-state index is 0.603. The van der Waals surface area contributed by atoms with Crippen molar-refractivity contribution >= 4 is 5.82 Å². The van der Waals surface area contributed by atoms with Gasteiger partial charge in [-0.15, -0.1) is 0 Å². The topological polar surface area (TPSA) is 38.9 Å². The Morgan fingerprint density at radius 2 is 1.33 bits per heavy atom. The van der Waals surface area contributed by atoms with Gasteiger partial charge < -0.3 is 5.73 Å². The summed E-state index contributed by atoms with van der Waals surface area (Å²) in [5, 5.41) is 0. The fourth-order valence-corrected chi connectivity index (χ4v) is 2.53. The zero-order chi connectivity index (χ0) is 13.4. The van der Waals surface area contributed by atoms with Gasteiger partial charge >= 0.3 is 0 Å². The summed E-state index contributed by atoms with van der Waals surface area (Å²) in [6.45, 7) is 10.9. The quantitative estimate of drug-likeness (QED) is 0.821. The van der Waals surface area contributed by atoms with E-state index >= 15 is 0 Å². The average molecular weight is 240 g/mol. The van der Waals surface area contributed by atoms with Crippen LogP contribution in [-0.4, -0.2) is 4.98 Å². The summed E-state index contributed by atoms with van der Waals surface area (Å²) in [4.78, 5) is 4.20. The molecule has 0 spiro atoms. The molecule has 0 fully saturated rings. The van der Waals surface area contributed by atoms with Gasteiger partial charge in [0.2, 0.25) is 0 Å². The molecule has 0 aliphatic rings. The average Bonchev–Trinajstić information content (AvgIpc) is 2.36. The van der Waals surface area contributed by atoms with Crippen LogP contribution in [0.15, 0.2) is 18.3 Å². The fraction of sp³-hybridized carbons (Fsp3) is 0.312. The maximum atomic E-state index is 6.02. The van der Waals surface area contributed by atoms with Gasteiger partial charge in [-0.3, -0.25) is 0 Å². The first kappa shape index (κ1) is 12.6. The van der Waals surface area contributed by atoms with Crippen molar-refractivity contribution in [2.24, 2.45) is 0 Å². The van der Waals surface area contributed by atoms with Crippen LogP contribution in [0.4, 0.5) is 5.82 Å². The zero-order valence-electron chi connectivity index (χ0n) is 11.8. The first-order valence-corrected chi connectivity index (χ1v) is 6.23. The van der Waals surface area contributed by atoms with Crippen LogP contribution >= 0.6 is 0 Å². The smallest absolute Gasteiger partial charge is 0.131 e. The Bertz CT molecular complexity index is 584. The molecular formula is C16H20N2. The normalized spacial score (nSPS) is 10.7. The largest absolute Gasteiger partial charge is 0.383 e. The third kappa shape index (κ3) is 1.78. The lowest BCUT2D eigenvalue weighted by molar-refractivity contribution is 1.17. The highest BCUT2D eigenvalue weighted by Crippen LogP contribution is 2.35. The van der Waals surface area contributed by atoms with E-state index in [0.717, 1.165) is 5.56 Å². The maximum absolute atomic E-state index is 6.02. The number of nitrogens with two attached hydrogens (primary N) is 1. The van der Waals surface area contributed by atoms with Crippen molar-refractivity contribution < 1.29 is 0 Å². The van der Waals surface area contributed by atoms with Gasteiger partial charge in [-0.05, 0) is 80.1 Å². The van der Waals surface area contributed by atoms with Gasteiger partial charge in [-0.2, -0.15) is 0 Å². The lowest BCUT2D eigenvalue weighted by Crippen LogP contribution is -2.02. The van der Waals surface area contributed by atoms with Crippen molar-refractivity contribution in [1.29, 1.82) is 0 Å². The zero-order valence-corrected chi connectivity index (χ0v) is 11.8. The Labute approximate surface area is 109 Å². The van der Waals surface area contributed by atoms with Crippen molar-refractivity contribution in [2.75, 3.05) is 5.73 Å². The van der Waals surface area contributed by atoms with Gasteiger partial charge in [0.15, 0.2) is 0 Å². The van der Waals surface area contributed by atoms with Crippen LogP contribution in [0.1, 0.15) is 27.8 Å². The second-order valence-corrected chi connectivity index (χ2v) is 4.94. The van der Waals surface area contributed by atoms with Gasteiger partial charge in [0.05, 0.1) is 0 Å². The van der Waals surface area contributed by atoms with E-state index in [9.17, 15) is 0 Å². The molecule has 2 nitrogen and oxygen atoms in total. The molecule has 0 bridgehead atoms. The van der Waals surface area contributed by atoms with Crippen LogP contribution in [-0.2, 0) is 0 Å². The monoisotopic (exact) mass is 240 g/mol. The summed E-state index contributed by atoms with van der Waals surface area (Å²) >= 11 is 0.